The number of urea groups is 1. The Morgan fingerprint density at radius 1 is 1.08 bits per heavy atom. The Labute approximate surface area is 231 Å². The van der Waals surface area contributed by atoms with Gasteiger partial charge in [-0.3, -0.25) is 14.9 Å². The van der Waals surface area contributed by atoms with Gasteiger partial charge in [-0.15, -0.1) is 0 Å². The number of hydrogen-bond donors (Lipinski definition) is 1. The van der Waals surface area contributed by atoms with Crippen LogP contribution in [0, 0.1) is 5.82 Å². The number of nitrogens with zero attached hydrogens (tertiary/aromatic N) is 1. The molecule has 1 aliphatic heterocycles. The van der Waals surface area contributed by atoms with Crippen LogP contribution in [0.2, 0.25) is 0 Å². The van der Waals surface area contributed by atoms with Crippen LogP contribution in [-0.2, 0) is 20.9 Å². The minimum Gasteiger partial charge on any atom is -0.493 e. The second-order valence-electron chi connectivity index (χ2n) is 8.14. The number of anilines is 1. The van der Waals surface area contributed by atoms with Crippen LogP contribution in [0.1, 0.15) is 28.4 Å². The van der Waals surface area contributed by atoms with Crippen molar-refractivity contribution in [1.29, 1.82) is 0 Å². The fourth-order valence-electron chi connectivity index (χ4n) is 3.75. The molecule has 0 bridgehead atoms. The van der Waals surface area contributed by atoms with E-state index in [1.165, 1.54) is 49.6 Å². The first-order valence-corrected chi connectivity index (χ1v) is 12.4. The number of benzene rings is 3. The number of carbonyl (C=O) groups is 4. The van der Waals surface area contributed by atoms with Gasteiger partial charge in [0.2, 0.25) is 0 Å². The van der Waals surface area contributed by atoms with E-state index in [2.05, 4.69) is 21.2 Å². The lowest BCUT2D eigenvalue weighted by atomic mass is 10.1. The van der Waals surface area contributed by atoms with Gasteiger partial charge in [-0.25, -0.2) is 18.9 Å². The highest BCUT2D eigenvalue weighted by Gasteiger charge is 2.37. The highest BCUT2D eigenvalue weighted by Crippen LogP contribution is 2.38. The normalized spacial score (nSPS) is 14.3. The van der Waals surface area contributed by atoms with Gasteiger partial charge in [0.25, 0.3) is 11.8 Å². The maximum atomic E-state index is 14.0. The molecule has 0 radical (unpaired) electrons. The molecule has 4 rings (SSSR count). The van der Waals surface area contributed by atoms with Crippen molar-refractivity contribution in [3.8, 4) is 11.5 Å². The standard InChI is InChI=1S/C28H22BrFN2O7/c1-3-38-27(35)17-8-10-19(11-9-17)32-26(34)20(25(33)31-28(32)36)12-16-13-21(29)24(23(14-16)37-2)39-15-18-6-4-5-7-22(18)30/h4-14H,3,15H2,1-2H3,(H,31,33,36)/b20-12+. The molecule has 0 spiro atoms. The quantitative estimate of drug-likeness (QED) is 0.221. The molecule has 1 N–H and O–H groups in total. The molecule has 11 heteroatoms. The van der Waals surface area contributed by atoms with Crippen LogP contribution in [0.4, 0.5) is 14.9 Å². The molecule has 9 nitrogen and oxygen atoms in total. The summed E-state index contributed by atoms with van der Waals surface area (Å²) in [5.74, 6) is -2.14. The minimum atomic E-state index is -0.929. The second kappa shape index (κ2) is 11.9. The molecule has 0 atom stereocenters. The average Bonchev–Trinajstić information content (AvgIpc) is 2.91. The van der Waals surface area contributed by atoms with Crippen LogP contribution < -0.4 is 19.7 Å². The lowest BCUT2D eigenvalue weighted by Gasteiger charge is -2.26. The van der Waals surface area contributed by atoms with Crippen molar-refractivity contribution in [2.24, 2.45) is 0 Å². The van der Waals surface area contributed by atoms with Crippen molar-refractivity contribution in [3.05, 3.63) is 93.2 Å². The fraction of sp³-hybridized carbons (Fsp3) is 0.143. The van der Waals surface area contributed by atoms with Crippen LogP contribution in [-0.4, -0.2) is 37.5 Å². The lowest BCUT2D eigenvalue weighted by Crippen LogP contribution is -2.54. The summed E-state index contributed by atoms with van der Waals surface area (Å²) in [4.78, 5) is 51.1. The Balaban J connectivity index is 1.61. The molecule has 39 heavy (non-hydrogen) atoms. The summed E-state index contributed by atoms with van der Waals surface area (Å²) in [6, 6.07) is 14.0. The molecule has 200 valence electrons. The Morgan fingerprint density at radius 3 is 2.46 bits per heavy atom. The Bertz CT molecular complexity index is 1490. The highest BCUT2D eigenvalue weighted by molar-refractivity contribution is 9.10. The number of nitrogens with one attached hydrogen (secondary N) is 1. The third kappa shape index (κ3) is 5.99. The molecule has 1 saturated heterocycles. The number of halogens is 2. The molecule has 1 heterocycles. The van der Waals surface area contributed by atoms with Crippen molar-refractivity contribution >= 4 is 51.5 Å². The van der Waals surface area contributed by atoms with E-state index in [1.54, 1.807) is 31.2 Å². The summed E-state index contributed by atoms with van der Waals surface area (Å²) in [5, 5.41) is 2.15. The van der Waals surface area contributed by atoms with Gasteiger partial charge in [0.05, 0.1) is 29.4 Å². The molecule has 0 unspecified atom stereocenters. The number of amides is 4. The molecule has 1 fully saturated rings. The van der Waals surface area contributed by atoms with Crippen molar-refractivity contribution in [3.63, 3.8) is 0 Å². The zero-order valence-corrected chi connectivity index (χ0v) is 22.4. The first-order valence-electron chi connectivity index (χ1n) is 11.7. The van der Waals surface area contributed by atoms with Crippen molar-refractivity contribution < 1.29 is 37.8 Å². The smallest absolute Gasteiger partial charge is 0.338 e. The zero-order chi connectivity index (χ0) is 28.1. The second-order valence-corrected chi connectivity index (χ2v) is 8.99. The summed E-state index contributed by atoms with van der Waals surface area (Å²) in [5.41, 5.74) is 0.828. The average molecular weight is 597 g/mol. The van der Waals surface area contributed by atoms with Gasteiger partial charge in [-0.05, 0) is 77.0 Å². The number of hydrogen-bond acceptors (Lipinski definition) is 7. The van der Waals surface area contributed by atoms with E-state index in [0.29, 0.717) is 21.3 Å². The van der Waals surface area contributed by atoms with Crippen LogP contribution >= 0.6 is 15.9 Å². The largest absolute Gasteiger partial charge is 0.493 e. The maximum Gasteiger partial charge on any atom is 0.338 e. The third-order valence-electron chi connectivity index (χ3n) is 5.63. The van der Waals surface area contributed by atoms with Crippen molar-refractivity contribution in [2.45, 2.75) is 13.5 Å². The van der Waals surface area contributed by atoms with E-state index < -0.39 is 29.6 Å². The minimum absolute atomic E-state index is 0.0605. The number of esters is 1. The van der Waals surface area contributed by atoms with Gasteiger partial charge in [0.1, 0.15) is 18.0 Å². The van der Waals surface area contributed by atoms with Gasteiger partial charge in [0, 0.05) is 5.56 Å². The SMILES string of the molecule is CCOC(=O)c1ccc(N2C(=O)NC(=O)/C(=C\c3cc(Br)c(OCc4ccccc4F)c(OC)c3)C2=O)cc1. The van der Waals surface area contributed by atoms with E-state index in [1.807, 2.05) is 0 Å². The predicted molar refractivity (Wildman–Crippen MR) is 143 cm³/mol. The van der Waals surface area contributed by atoms with E-state index in [4.69, 9.17) is 14.2 Å². The fourth-order valence-corrected chi connectivity index (χ4v) is 4.32. The Morgan fingerprint density at radius 2 is 1.79 bits per heavy atom. The molecular weight excluding hydrogens is 575 g/mol. The molecule has 3 aromatic rings. The zero-order valence-electron chi connectivity index (χ0n) is 20.8. The maximum absolute atomic E-state index is 14.0. The number of methoxy groups -OCH3 is 1. The first kappa shape index (κ1) is 27.5. The topological polar surface area (TPSA) is 111 Å². The molecule has 0 saturated carbocycles. The van der Waals surface area contributed by atoms with E-state index in [0.717, 1.165) is 4.90 Å². The summed E-state index contributed by atoms with van der Waals surface area (Å²) >= 11 is 3.40. The number of imide groups is 2. The van der Waals surface area contributed by atoms with Gasteiger partial charge in [-0.2, -0.15) is 0 Å². The summed E-state index contributed by atoms with van der Waals surface area (Å²) < 4.78 is 30.6. The summed E-state index contributed by atoms with van der Waals surface area (Å²) in [7, 11) is 1.41. The van der Waals surface area contributed by atoms with Gasteiger partial charge in [0.15, 0.2) is 11.5 Å². The Hall–Kier alpha value is -4.51. The lowest BCUT2D eigenvalue weighted by molar-refractivity contribution is -0.122. The van der Waals surface area contributed by atoms with Crippen LogP contribution in [0.25, 0.3) is 6.08 Å². The van der Waals surface area contributed by atoms with Crippen LogP contribution in [0.3, 0.4) is 0 Å². The monoisotopic (exact) mass is 596 g/mol. The van der Waals surface area contributed by atoms with E-state index >= 15 is 0 Å². The van der Waals surface area contributed by atoms with Gasteiger partial charge < -0.3 is 14.2 Å². The Kier molecular flexibility index (Phi) is 8.40. The van der Waals surface area contributed by atoms with Crippen LogP contribution in [0.15, 0.2) is 70.7 Å². The predicted octanol–water partition coefficient (Wildman–Crippen LogP) is 5.02. The molecule has 1 aliphatic rings. The summed E-state index contributed by atoms with van der Waals surface area (Å²) in [6.45, 7) is 1.81. The summed E-state index contributed by atoms with van der Waals surface area (Å²) in [6.07, 6.45) is 1.30. The number of carbonyl (C=O) groups excluding carboxylic acids is 4. The van der Waals surface area contributed by atoms with Crippen molar-refractivity contribution in [1.82, 2.24) is 5.32 Å². The number of rotatable bonds is 8. The van der Waals surface area contributed by atoms with E-state index in [9.17, 15) is 23.6 Å². The van der Waals surface area contributed by atoms with Gasteiger partial charge >= 0.3 is 12.0 Å². The van der Waals surface area contributed by atoms with Crippen LogP contribution in [0.5, 0.6) is 11.5 Å². The molecule has 3 aromatic carbocycles. The van der Waals surface area contributed by atoms with Crippen molar-refractivity contribution in [2.75, 3.05) is 18.6 Å². The molecule has 0 aromatic heterocycles. The van der Waals surface area contributed by atoms with E-state index in [-0.39, 0.29) is 35.8 Å². The molecule has 4 amide bonds. The first-order chi connectivity index (χ1) is 18.7. The molecule has 0 aliphatic carbocycles. The third-order valence-corrected chi connectivity index (χ3v) is 6.22. The highest BCUT2D eigenvalue weighted by atomic mass is 79.9. The van der Waals surface area contributed by atoms with Gasteiger partial charge in [-0.1, -0.05) is 18.2 Å². The number of ether oxygens (including phenoxy) is 3. The molecular formula is C28H22BrFN2O7. The number of barbiturate groups is 1.